The van der Waals surface area contributed by atoms with E-state index in [2.05, 4.69) is 65.6 Å². The van der Waals surface area contributed by atoms with Crippen molar-refractivity contribution < 1.29 is 29.5 Å². The van der Waals surface area contributed by atoms with Gasteiger partial charge in [-0.05, 0) is 48.5 Å². The first-order valence-electron chi connectivity index (χ1n) is 12.5. The second-order valence-corrected chi connectivity index (χ2v) is 9.48. The molecule has 0 radical (unpaired) electrons. The number of carbonyl (C=O) groups is 2. The number of fused-ring (bicyclic) bond motifs is 3. The maximum Gasteiger partial charge on any atom is 0.414 e. The van der Waals surface area contributed by atoms with E-state index in [0.717, 1.165) is 31.5 Å². The predicted octanol–water partition coefficient (Wildman–Crippen LogP) is 4.56. The fraction of sp³-hybridized carbons (Fsp3) is 0.310. The number of carboxylic acids is 2. The third-order valence-electron chi connectivity index (χ3n) is 7.20. The van der Waals surface area contributed by atoms with Crippen molar-refractivity contribution in [1.82, 2.24) is 4.90 Å². The molecule has 6 rings (SSSR count). The lowest BCUT2D eigenvalue weighted by Crippen LogP contribution is -2.60. The molecule has 3 aromatic carbocycles. The van der Waals surface area contributed by atoms with Crippen LogP contribution in [0.15, 0.2) is 84.9 Å². The highest BCUT2D eigenvalue weighted by Gasteiger charge is 2.47. The van der Waals surface area contributed by atoms with Gasteiger partial charge in [0, 0.05) is 24.1 Å². The van der Waals surface area contributed by atoms with Crippen LogP contribution in [0.4, 0.5) is 5.69 Å². The van der Waals surface area contributed by atoms with Crippen molar-refractivity contribution in [3.8, 4) is 0 Å². The first-order valence-corrected chi connectivity index (χ1v) is 12.5. The van der Waals surface area contributed by atoms with Gasteiger partial charge in [-0.1, -0.05) is 72.8 Å². The molecule has 0 spiro atoms. The highest BCUT2D eigenvalue weighted by molar-refractivity contribution is 6.27. The molecule has 2 unspecified atom stereocenters. The summed E-state index contributed by atoms with van der Waals surface area (Å²) in [5, 5.41) is 26.0. The molecule has 0 aliphatic carbocycles. The Balaban J connectivity index is 0.000000505. The zero-order valence-electron chi connectivity index (χ0n) is 20.8. The minimum absolute atomic E-state index is 0.0853. The number of aliphatic carboxylic acids is 2. The summed E-state index contributed by atoms with van der Waals surface area (Å²) in [4.78, 5) is 31.6. The van der Waals surface area contributed by atoms with E-state index >= 15 is 0 Å². The summed E-state index contributed by atoms with van der Waals surface area (Å²) < 4.78 is 6.61. The van der Waals surface area contributed by atoms with E-state index in [1.165, 1.54) is 17.2 Å². The Hall–Kier alpha value is -4.08. The van der Waals surface area contributed by atoms with E-state index in [4.69, 9.17) is 24.5 Å². The highest BCUT2D eigenvalue weighted by atomic mass is 16.6. The molecule has 9 nitrogen and oxygen atoms in total. The summed E-state index contributed by atoms with van der Waals surface area (Å²) in [7, 11) is 0. The van der Waals surface area contributed by atoms with Crippen molar-refractivity contribution in [2.45, 2.75) is 37.5 Å². The maximum atomic E-state index is 11.2. The molecule has 198 valence electrons. The third-order valence-corrected chi connectivity index (χ3v) is 7.20. The van der Waals surface area contributed by atoms with Crippen LogP contribution >= 0.6 is 0 Å². The van der Waals surface area contributed by atoms with Crippen LogP contribution < -0.4 is 0 Å². The van der Waals surface area contributed by atoms with Gasteiger partial charge in [-0.15, -0.1) is 0 Å². The van der Waals surface area contributed by atoms with E-state index in [1.807, 2.05) is 6.07 Å². The second kappa shape index (κ2) is 12.4. The van der Waals surface area contributed by atoms with Gasteiger partial charge < -0.3 is 14.9 Å². The Labute approximate surface area is 220 Å². The third kappa shape index (κ3) is 6.42. The van der Waals surface area contributed by atoms with Gasteiger partial charge in [0.25, 0.3) is 5.69 Å². The number of benzene rings is 3. The van der Waals surface area contributed by atoms with Gasteiger partial charge in [0.05, 0.1) is 17.6 Å². The number of carboxylic acid groups (broad SMARTS) is 2. The number of hydrogen-bond acceptors (Lipinski definition) is 6. The zero-order valence-corrected chi connectivity index (χ0v) is 20.8. The van der Waals surface area contributed by atoms with Crippen LogP contribution in [0, 0.1) is 16.0 Å². The summed E-state index contributed by atoms with van der Waals surface area (Å²) in [6.45, 7) is 2.59. The molecule has 3 aliphatic rings. The highest BCUT2D eigenvalue weighted by Crippen LogP contribution is 2.43. The lowest BCUT2D eigenvalue weighted by molar-refractivity contribution is -0.385. The molecule has 2 bridgehead atoms. The number of nitro benzene ring substituents is 1. The van der Waals surface area contributed by atoms with Crippen molar-refractivity contribution in [3.63, 3.8) is 0 Å². The van der Waals surface area contributed by atoms with E-state index in [-0.39, 0.29) is 28.7 Å². The van der Waals surface area contributed by atoms with Crippen LogP contribution in [0.2, 0.25) is 0 Å². The zero-order chi connectivity index (χ0) is 27.1. The van der Waals surface area contributed by atoms with Crippen LogP contribution in [0.5, 0.6) is 0 Å². The molecule has 38 heavy (non-hydrogen) atoms. The topological polar surface area (TPSA) is 130 Å². The van der Waals surface area contributed by atoms with Crippen molar-refractivity contribution >= 4 is 17.6 Å². The molecule has 2 N–H and O–H groups in total. The Bertz CT molecular complexity index is 1190. The van der Waals surface area contributed by atoms with Crippen LogP contribution in [-0.4, -0.2) is 57.2 Å². The summed E-state index contributed by atoms with van der Waals surface area (Å²) in [5.74, 6) is -2.92. The monoisotopic (exact) mass is 518 g/mol. The van der Waals surface area contributed by atoms with E-state index in [0.29, 0.717) is 12.5 Å². The van der Waals surface area contributed by atoms with Gasteiger partial charge in [0.1, 0.15) is 0 Å². The number of rotatable bonds is 7. The first-order chi connectivity index (χ1) is 18.3. The first kappa shape index (κ1) is 27.0. The van der Waals surface area contributed by atoms with Crippen molar-refractivity contribution in [2.75, 3.05) is 13.1 Å². The fourth-order valence-electron chi connectivity index (χ4n) is 5.53. The number of piperidine rings is 3. The number of nitro groups is 1. The SMILES string of the molecule is O=C(O)C(=O)O.O=[N+]([O-])c1cccc(COC2C3CCN(CC3)C2C(c2ccccc2)c2ccccc2)c1. The molecule has 3 heterocycles. The molecule has 3 fully saturated rings. The minimum Gasteiger partial charge on any atom is -0.473 e. The molecule has 3 aromatic rings. The molecule has 3 saturated heterocycles. The molecular formula is C29H30N2O7. The quantitative estimate of drug-likeness (QED) is 0.264. The molecule has 9 heteroatoms. The second-order valence-electron chi connectivity index (χ2n) is 9.48. The number of nitrogens with zero attached hydrogens (tertiary/aromatic N) is 2. The Morgan fingerprint density at radius 2 is 1.45 bits per heavy atom. The van der Waals surface area contributed by atoms with Gasteiger partial charge in [-0.3, -0.25) is 15.0 Å². The summed E-state index contributed by atoms with van der Waals surface area (Å²) in [5.41, 5.74) is 3.58. The lowest BCUT2D eigenvalue weighted by atomic mass is 9.72. The fourth-order valence-corrected chi connectivity index (χ4v) is 5.53. The van der Waals surface area contributed by atoms with Crippen molar-refractivity contribution in [1.29, 1.82) is 0 Å². The Morgan fingerprint density at radius 1 is 0.895 bits per heavy atom. The van der Waals surface area contributed by atoms with Gasteiger partial charge >= 0.3 is 11.9 Å². The van der Waals surface area contributed by atoms with Gasteiger partial charge in [-0.25, -0.2) is 9.59 Å². The Kier molecular flexibility index (Phi) is 8.83. The average Bonchev–Trinajstić information content (AvgIpc) is 2.94. The average molecular weight is 519 g/mol. The number of hydrogen-bond donors (Lipinski definition) is 2. The van der Waals surface area contributed by atoms with Crippen LogP contribution in [-0.2, 0) is 20.9 Å². The largest absolute Gasteiger partial charge is 0.473 e. The number of ether oxygens (including phenoxy) is 1. The van der Waals surface area contributed by atoms with Gasteiger partial charge in [0.2, 0.25) is 0 Å². The molecular weight excluding hydrogens is 488 g/mol. The smallest absolute Gasteiger partial charge is 0.414 e. The van der Waals surface area contributed by atoms with Gasteiger partial charge in [-0.2, -0.15) is 0 Å². The minimum atomic E-state index is -1.82. The summed E-state index contributed by atoms with van der Waals surface area (Å²) in [6, 6.07) is 28.5. The van der Waals surface area contributed by atoms with Crippen molar-refractivity contribution in [3.05, 3.63) is 112 Å². The van der Waals surface area contributed by atoms with E-state index in [9.17, 15) is 10.1 Å². The lowest BCUT2D eigenvalue weighted by Gasteiger charge is -2.53. The Morgan fingerprint density at radius 3 is 1.95 bits per heavy atom. The summed E-state index contributed by atoms with van der Waals surface area (Å²) >= 11 is 0. The maximum absolute atomic E-state index is 11.2. The molecule has 3 aliphatic heterocycles. The molecule has 2 atom stereocenters. The van der Waals surface area contributed by atoms with Crippen LogP contribution in [0.3, 0.4) is 0 Å². The normalized spacial score (nSPS) is 21.8. The molecule has 0 saturated carbocycles. The predicted molar refractivity (Wildman–Crippen MR) is 140 cm³/mol. The summed E-state index contributed by atoms with van der Waals surface area (Å²) in [6.07, 6.45) is 2.38. The molecule has 0 amide bonds. The van der Waals surface area contributed by atoms with Crippen LogP contribution in [0.25, 0.3) is 0 Å². The standard InChI is InChI=1S/C27H28N2O3.C2H2O4/c30-29(31)24-13-7-8-20(18-24)19-32-27-23-14-16-28(17-15-23)26(27)25(21-9-3-1-4-10-21)22-11-5-2-6-12-22;3-1(4)2(5)6/h1-13,18,23,25-27H,14-17,19H2;(H,3,4)(H,5,6). The van der Waals surface area contributed by atoms with Crippen LogP contribution in [0.1, 0.15) is 35.4 Å². The molecule has 0 aromatic heterocycles. The van der Waals surface area contributed by atoms with E-state index in [1.54, 1.807) is 12.1 Å². The van der Waals surface area contributed by atoms with Gasteiger partial charge in [0.15, 0.2) is 0 Å². The van der Waals surface area contributed by atoms with E-state index < -0.39 is 11.9 Å². The number of non-ortho nitro benzene ring substituents is 1. The van der Waals surface area contributed by atoms with Crippen molar-refractivity contribution in [2.24, 2.45) is 5.92 Å².